The lowest BCUT2D eigenvalue weighted by Gasteiger charge is -2.08. The molecule has 0 saturated heterocycles. The van der Waals surface area contributed by atoms with Crippen LogP contribution in [0, 0.1) is 0 Å². The molecule has 0 aliphatic carbocycles. The molecule has 0 saturated carbocycles. The summed E-state index contributed by atoms with van der Waals surface area (Å²) in [6.45, 7) is 4.29. The molecule has 3 nitrogen and oxygen atoms in total. The standard InChI is InChI=1S/C14H15ClN2O/c1-10(2)11-4-3-5-13(8-11)18-14-7-6-12(9-15)16-17-14/h3-8,10H,9H2,1-2H3. The van der Waals surface area contributed by atoms with Gasteiger partial charge in [-0.25, -0.2) is 0 Å². The first kappa shape index (κ1) is 12.8. The minimum atomic E-state index is 0.357. The minimum Gasteiger partial charge on any atom is -0.438 e. The second-order valence-electron chi connectivity index (χ2n) is 4.33. The molecule has 0 spiro atoms. The SMILES string of the molecule is CC(C)c1cccc(Oc2ccc(CCl)nn2)c1. The van der Waals surface area contributed by atoms with Crippen LogP contribution in [0.5, 0.6) is 11.6 Å². The summed E-state index contributed by atoms with van der Waals surface area (Å²) in [4.78, 5) is 0. The number of halogens is 1. The lowest BCUT2D eigenvalue weighted by atomic mass is 10.0. The molecule has 0 atom stereocenters. The highest BCUT2D eigenvalue weighted by atomic mass is 35.5. The smallest absolute Gasteiger partial charge is 0.238 e. The molecule has 1 aromatic carbocycles. The number of nitrogens with zero attached hydrogens (tertiary/aromatic N) is 2. The number of benzene rings is 1. The molecule has 1 heterocycles. The Morgan fingerprint density at radius 3 is 2.61 bits per heavy atom. The van der Waals surface area contributed by atoms with Gasteiger partial charge in [0.1, 0.15) is 5.75 Å². The predicted molar refractivity (Wildman–Crippen MR) is 72.2 cm³/mol. The molecule has 1 aromatic heterocycles. The summed E-state index contributed by atoms with van der Waals surface area (Å²) in [5.41, 5.74) is 1.97. The Balaban J connectivity index is 2.15. The van der Waals surface area contributed by atoms with Crippen LogP contribution in [0.4, 0.5) is 0 Å². The van der Waals surface area contributed by atoms with Gasteiger partial charge in [-0.3, -0.25) is 0 Å². The molecule has 0 N–H and O–H groups in total. The first-order chi connectivity index (χ1) is 8.69. The number of rotatable bonds is 4. The van der Waals surface area contributed by atoms with Crippen LogP contribution in [-0.4, -0.2) is 10.2 Å². The summed E-state index contributed by atoms with van der Waals surface area (Å²) >= 11 is 5.65. The fraction of sp³-hybridized carbons (Fsp3) is 0.286. The zero-order chi connectivity index (χ0) is 13.0. The maximum atomic E-state index is 5.65. The average molecular weight is 263 g/mol. The highest BCUT2D eigenvalue weighted by molar-refractivity contribution is 6.16. The number of hydrogen-bond donors (Lipinski definition) is 0. The number of alkyl halides is 1. The van der Waals surface area contributed by atoms with E-state index in [1.54, 1.807) is 6.07 Å². The van der Waals surface area contributed by atoms with Gasteiger partial charge in [0, 0.05) is 6.07 Å². The topological polar surface area (TPSA) is 35.0 Å². The number of ether oxygens (including phenoxy) is 1. The van der Waals surface area contributed by atoms with E-state index in [1.807, 2.05) is 24.3 Å². The molecule has 0 bridgehead atoms. The van der Waals surface area contributed by atoms with Crippen LogP contribution < -0.4 is 4.74 Å². The largest absolute Gasteiger partial charge is 0.438 e. The van der Waals surface area contributed by atoms with E-state index in [1.165, 1.54) is 5.56 Å². The van der Waals surface area contributed by atoms with E-state index in [-0.39, 0.29) is 0 Å². The minimum absolute atomic E-state index is 0.357. The van der Waals surface area contributed by atoms with Crippen LogP contribution in [0.1, 0.15) is 31.0 Å². The molecule has 2 rings (SSSR count). The summed E-state index contributed by atoms with van der Waals surface area (Å²) in [6.07, 6.45) is 0. The summed E-state index contributed by atoms with van der Waals surface area (Å²) in [5.74, 6) is 2.08. The van der Waals surface area contributed by atoms with Crippen molar-refractivity contribution in [1.29, 1.82) is 0 Å². The third-order valence-corrected chi connectivity index (χ3v) is 2.85. The van der Waals surface area contributed by atoms with E-state index in [0.29, 0.717) is 17.7 Å². The van der Waals surface area contributed by atoms with Gasteiger partial charge in [-0.2, -0.15) is 5.10 Å². The van der Waals surface area contributed by atoms with Crippen LogP contribution in [0.25, 0.3) is 0 Å². The quantitative estimate of drug-likeness (QED) is 0.777. The molecule has 4 heteroatoms. The van der Waals surface area contributed by atoms with Gasteiger partial charge in [0.25, 0.3) is 0 Å². The number of aromatic nitrogens is 2. The van der Waals surface area contributed by atoms with Crippen LogP contribution in [0.2, 0.25) is 0 Å². The number of hydrogen-bond acceptors (Lipinski definition) is 3. The van der Waals surface area contributed by atoms with Crippen LogP contribution in [0.15, 0.2) is 36.4 Å². The Labute approximate surface area is 112 Å². The van der Waals surface area contributed by atoms with Gasteiger partial charge in [-0.15, -0.1) is 16.7 Å². The molecule has 2 aromatic rings. The normalized spacial score (nSPS) is 10.7. The first-order valence-electron chi connectivity index (χ1n) is 5.85. The zero-order valence-electron chi connectivity index (χ0n) is 10.4. The fourth-order valence-corrected chi connectivity index (χ4v) is 1.67. The van der Waals surface area contributed by atoms with E-state index < -0.39 is 0 Å². The van der Waals surface area contributed by atoms with Gasteiger partial charge in [-0.05, 0) is 29.7 Å². The average Bonchev–Trinajstić information content (AvgIpc) is 2.40. The maximum absolute atomic E-state index is 5.65. The molecule has 0 amide bonds. The van der Waals surface area contributed by atoms with Crippen molar-refractivity contribution in [2.75, 3.05) is 0 Å². The van der Waals surface area contributed by atoms with Crippen molar-refractivity contribution in [3.8, 4) is 11.6 Å². The molecule has 94 valence electrons. The first-order valence-corrected chi connectivity index (χ1v) is 6.39. The van der Waals surface area contributed by atoms with Crippen molar-refractivity contribution in [1.82, 2.24) is 10.2 Å². The van der Waals surface area contributed by atoms with Gasteiger partial charge in [0.2, 0.25) is 5.88 Å². The highest BCUT2D eigenvalue weighted by Crippen LogP contribution is 2.23. The molecule has 0 aliphatic rings. The lowest BCUT2D eigenvalue weighted by molar-refractivity contribution is 0.453. The van der Waals surface area contributed by atoms with Crippen molar-refractivity contribution in [3.63, 3.8) is 0 Å². The van der Waals surface area contributed by atoms with E-state index in [0.717, 1.165) is 11.4 Å². The Morgan fingerprint density at radius 1 is 1.17 bits per heavy atom. The van der Waals surface area contributed by atoms with Crippen LogP contribution in [-0.2, 0) is 5.88 Å². The van der Waals surface area contributed by atoms with Gasteiger partial charge in [0.05, 0.1) is 11.6 Å². The van der Waals surface area contributed by atoms with Gasteiger partial charge in [-0.1, -0.05) is 26.0 Å². The second-order valence-corrected chi connectivity index (χ2v) is 4.59. The third-order valence-electron chi connectivity index (χ3n) is 2.58. The summed E-state index contributed by atoms with van der Waals surface area (Å²) in [6, 6.07) is 11.6. The van der Waals surface area contributed by atoms with Crippen molar-refractivity contribution in [2.45, 2.75) is 25.6 Å². The lowest BCUT2D eigenvalue weighted by Crippen LogP contribution is -1.94. The Kier molecular flexibility index (Phi) is 4.15. The second kappa shape index (κ2) is 5.83. The molecular formula is C14H15ClN2O. The van der Waals surface area contributed by atoms with E-state index >= 15 is 0 Å². The molecule has 0 radical (unpaired) electrons. The molecule has 0 unspecified atom stereocenters. The zero-order valence-corrected chi connectivity index (χ0v) is 11.2. The van der Waals surface area contributed by atoms with Crippen molar-refractivity contribution >= 4 is 11.6 Å². The van der Waals surface area contributed by atoms with Crippen molar-refractivity contribution in [2.24, 2.45) is 0 Å². The summed E-state index contributed by atoms with van der Waals surface area (Å²) < 4.78 is 5.65. The predicted octanol–water partition coefficient (Wildman–Crippen LogP) is 4.13. The van der Waals surface area contributed by atoms with Crippen molar-refractivity contribution < 1.29 is 4.74 Å². The van der Waals surface area contributed by atoms with E-state index in [4.69, 9.17) is 16.3 Å². The third kappa shape index (κ3) is 3.20. The van der Waals surface area contributed by atoms with Crippen molar-refractivity contribution in [3.05, 3.63) is 47.7 Å². The summed E-state index contributed by atoms with van der Waals surface area (Å²) in [5, 5.41) is 7.91. The molecule has 18 heavy (non-hydrogen) atoms. The van der Waals surface area contributed by atoms with Gasteiger partial charge < -0.3 is 4.74 Å². The van der Waals surface area contributed by atoms with Crippen LogP contribution >= 0.6 is 11.6 Å². The Morgan fingerprint density at radius 2 is 2.00 bits per heavy atom. The Hall–Kier alpha value is -1.61. The fourth-order valence-electron chi connectivity index (χ4n) is 1.53. The van der Waals surface area contributed by atoms with Gasteiger partial charge in [0.15, 0.2) is 0 Å². The van der Waals surface area contributed by atoms with E-state index in [2.05, 4.69) is 30.1 Å². The van der Waals surface area contributed by atoms with Gasteiger partial charge >= 0.3 is 0 Å². The van der Waals surface area contributed by atoms with E-state index in [9.17, 15) is 0 Å². The molecule has 0 aliphatic heterocycles. The monoisotopic (exact) mass is 262 g/mol. The Bertz CT molecular complexity index is 511. The molecular weight excluding hydrogens is 248 g/mol. The summed E-state index contributed by atoms with van der Waals surface area (Å²) in [7, 11) is 0. The highest BCUT2D eigenvalue weighted by Gasteiger charge is 2.03. The maximum Gasteiger partial charge on any atom is 0.238 e. The molecule has 0 fully saturated rings. The van der Waals surface area contributed by atoms with Crippen LogP contribution in [0.3, 0.4) is 0 Å².